The highest BCUT2D eigenvalue weighted by Crippen LogP contribution is 2.32. The summed E-state index contributed by atoms with van der Waals surface area (Å²) in [7, 11) is 0. The van der Waals surface area contributed by atoms with Crippen LogP contribution in [-0.2, 0) is 13.0 Å². The number of aryl methyl sites for hydroxylation is 1. The van der Waals surface area contributed by atoms with Gasteiger partial charge in [0.2, 0.25) is 0 Å². The van der Waals surface area contributed by atoms with Crippen molar-refractivity contribution in [2.75, 3.05) is 0 Å². The fraction of sp³-hybridized carbons (Fsp3) is 0.250. The first kappa shape index (κ1) is 13.7. The molecule has 104 valence electrons. The molecule has 0 bridgehead atoms. The number of hydrogen-bond acceptors (Lipinski definition) is 2. The van der Waals surface area contributed by atoms with Gasteiger partial charge in [0.25, 0.3) is 0 Å². The maximum Gasteiger partial charge on any atom is 0.120 e. The van der Waals surface area contributed by atoms with Gasteiger partial charge < -0.3 is 10.5 Å². The molecular weight excluding hydrogens is 293 g/mol. The Kier molecular flexibility index (Phi) is 3.88. The van der Waals surface area contributed by atoms with E-state index in [2.05, 4.69) is 12.1 Å². The smallest absolute Gasteiger partial charge is 0.120 e. The lowest BCUT2D eigenvalue weighted by molar-refractivity contribution is 0.306. The zero-order chi connectivity index (χ0) is 14.1. The number of nitrogens with two attached hydrogens (primary N) is 1. The van der Waals surface area contributed by atoms with E-state index < -0.39 is 0 Å². The molecule has 0 amide bonds. The van der Waals surface area contributed by atoms with Crippen LogP contribution in [-0.4, -0.2) is 0 Å². The molecule has 0 saturated heterocycles. The third-order valence-corrected chi connectivity index (χ3v) is 4.23. The van der Waals surface area contributed by atoms with Gasteiger partial charge in [-0.1, -0.05) is 35.3 Å². The first-order valence-electron chi connectivity index (χ1n) is 6.58. The molecule has 0 spiro atoms. The average molecular weight is 308 g/mol. The molecule has 1 atom stereocenters. The molecule has 0 radical (unpaired) electrons. The Morgan fingerprint density at radius 2 is 2.00 bits per heavy atom. The van der Waals surface area contributed by atoms with Crippen LogP contribution >= 0.6 is 23.2 Å². The largest absolute Gasteiger partial charge is 0.489 e. The van der Waals surface area contributed by atoms with Crippen molar-refractivity contribution in [2.24, 2.45) is 5.73 Å². The van der Waals surface area contributed by atoms with Gasteiger partial charge in [0, 0.05) is 21.7 Å². The first-order valence-corrected chi connectivity index (χ1v) is 7.34. The molecule has 1 aliphatic rings. The lowest BCUT2D eigenvalue weighted by Crippen LogP contribution is -2.05. The molecule has 0 aliphatic heterocycles. The first-order chi connectivity index (χ1) is 9.63. The molecule has 0 unspecified atom stereocenters. The summed E-state index contributed by atoms with van der Waals surface area (Å²) in [6.45, 7) is 0.431. The standard InChI is InChI=1S/C16H15Cl2NO/c17-12-3-1-11(15(18)8-12)9-20-13-4-5-14-10(7-13)2-6-16(14)19/h1,3-5,7-8,16H,2,6,9,19H2/t16-/m0/s1. The van der Waals surface area contributed by atoms with Crippen molar-refractivity contribution in [3.05, 3.63) is 63.1 Å². The second-order valence-electron chi connectivity index (χ2n) is 5.03. The van der Waals surface area contributed by atoms with Crippen molar-refractivity contribution in [3.63, 3.8) is 0 Å². The highest BCUT2D eigenvalue weighted by Gasteiger charge is 2.19. The zero-order valence-electron chi connectivity index (χ0n) is 10.9. The summed E-state index contributed by atoms with van der Waals surface area (Å²) in [6.07, 6.45) is 2.04. The van der Waals surface area contributed by atoms with Crippen molar-refractivity contribution in [1.82, 2.24) is 0 Å². The van der Waals surface area contributed by atoms with E-state index in [-0.39, 0.29) is 6.04 Å². The third-order valence-electron chi connectivity index (χ3n) is 3.65. The van der Waals surface area contributed by atoms with Crippen molar-refractivity contribution in [2.45, 2.75) is 25.5 Å². The van der Waals surface area contributed by atoms with E-state index in [0.29, 0.717) is 16.7 Å². The van der Waals surface area contributed by atoms with Crippen molar-refractivity contribution in [1.29, 1.82) is 0 Å². The summed E-state index contributed by atoms with van der Waals surface area (Å²) in [5.74, 6) is 0.851. The van der Waals surface area contributed by atoms with Gasteiger partial charge in [-0.25, -0.2) is 0 Å². The van der Waals surface area contributed by atoms with E-state index >= 15 is 0 Å². The van der Waals surface area contributed by atoms with Crippen LogP contribution in [0.15, 0.2) is 36.4 Å². The number of benzene rings is 2. The summed E-state index contributed by atoms with van der Waals surface area (Å²) in [6, 6.07) is 11.7. The zero-order valence-corrected chi connectivity index (χ0v) is 12.4. The third kappa shape index (κ3) is 2.78. The Hall–Kier alpha value is -1.22. The van der Waals surface area contributed by atoms with Crippen LogP contribution in [0, 0.1) is 0 Å². The monoisotopic (exact) mass is 307 g/mol. The minimum absolute atomic E-state index is 0.171. The van der Waals surface area contributed by atoms with E-state index in [9.17, 15) is 0 Å². The molecule has 0 aromatic heterocycles. The lowest BCUT2D eigenvalue weighted by atomic mass is 10.1. The van der Waals surface area contributed by atoms with Gasteiger partial charge in [-0.2, -0.15) is 0 Å². The normalized spacial score (nSPS) is 17.1. The van der Waals surface area contributed by atoms with Gasteiger partial charge in [0.15, 0.2) is 0 Å². The van der Waals surface area contributed by atoms with E-state index in [4.69, 9.17) is 33.7 Å². The summed E-state index contributed by atoms with van der Waals surface area (Å²) in [5, 5.41) is 1.26. The Labute approximate surface area is 128 Å². The van der Waals surface area contributed by atoms with Gasteiger partial charge in [-0.3, -0.25) is 0 Å². The molecule has 20 heavy (non-hydrogen) atoms. The van der Waals surface area contributed by atoms with E-state index in [0.717, 1.165) is 24.2 Å². The second-order valence-corrected chi connectivity index (χ2v) is 5.87. The predicted molar refractivity (Wildman–Crippen MR) is 82.5 cm³/mol. The number of halogens is 2. The van der Waals surface area contributed by atoms with Crippen LogP contribution in [0.5, 0.6) is 5.75 Å². The van der Waals surface area contributed by atoms with E-state index in [1.54, 1.807) is 6.07 Å². The molecule has 2 N–H and O–H groups in total. The van der Waals surface area contributed by atoms with Gasteiger partial charge in [-0.15, -0.1) is 0 Å². The van der Waals surface area contributed by atoms with E-state index in [1.807, 2.05) is 18.2 Å². The molecule has 4 heteroatoms. The molecule has 3 rings (SSSR count). The summed E-state index contributed by atoms with van der Waals surface area (Å²) < 4.78 is 5.80. The van der Waals surface area contributed by atoms with Crippen LogP contribution in [0.25, 0.3) is 0 Å². The average Bonchev–Trinajstić information content (AvgIpc) is 2.79. The fourth-order valence-corrected chi connectivity index (χ4v) is 2.98. The van der Waals surface area contributed by atoms with Crippen LogP contribution in [0.1, 0.15) is 29.2 Å². The van der Waals surface area contributed by atoms with Gasteiger partial charge in [0.05, 0.1) is 0 Å². The molecule has 0 saturated carbocycles. The molecule has 1 aliphatic carbocycles. The Balaban J connectivity index is 1.73. The minimum Gasteiger partial charge on any atom is -0.489 e. The molecule has 0 fully saturated rings. The van der Waals surface area contributed by atoms with Crippen molar-refractivity contribution < 1.29 is 4.74 Å². The predicted octanol–water partition coefficient (Wildman–Crippen LogP) is 4.52. The molecule has 2 nitrogen and oxygen atoms in total. The summed E-state index contributed by atoms with van der Waals surface area (Å²) >= 11 is 12.0. The minimum atomic E-state index is 0.171. The Morgan fingerprint density at radius 1 is 1.15 bits per heavy atom. The molecular formula is C16H15Cl2NO. The number of fused-ring (bicyclic) bond motifs is 1. The summed E-state index contributed by atoms with van der Waals surface area (Å²) in [4.78, 5) is 0. The van der Waals surface area contributed by atoms with Crippen LogP contribution in [0.3, 0.4) is 0 Å². The lowest BCUT2D eigenvalue weighted by Gasteiger charge is -2.10. The van der Waals surface area contributed by atoms with Gasteiger partial charge in [-0.05, 0) is 48.2 Å². The summed E-state index contributed by atoms with van der Waals surface area (Å²) in [5.41, 5.74) is 9.48. The topological polar surface area (TPSA) is 35.2 Å². The fourth-order valence-electron chi connectivity index (χ4n) is 2.52. The van der Waals surface area contributed by atoms with Crippen LogP contribution < -0.4 is 10.5 Å². The Bertz CT molecular complexity index is 642. The molecule has 2 aromatic carbocycles. The molecule has 0 heterocycles. The number of ether oxygens (including phenoxy) is 1. The molecule has 2 aromatic rings. The van der Waals surface area contributed by atoms with Gasteiger partial charge in [0.1, 0.15) is 12.4 Å². The van der Waals surface area contributed by atoms with Gasteiger partial charge >= 0.3 is 0 Å². The SMILES string of the molecule is N[C@H]1CCc2cc(OCc3ccc(Cl)cc3Cl)ccc21. The van der Waals surface area contributed by atoms with E-state index in [1.165, 1.54) is 11.1 Å². The van der Waals surface area contributed by atoms with Crippen molar-refractivity contribution >= 4 is 23.2 Å². The highest BCUT2D eigenvalue weighted by molar-refractivity contribution is 6.35. The highest BCUT2D eigenvalue weighted by atomic mass is 35.5. The Morgan fingerprint density at radius 3 is 2.80 bits per heavy atom. The maximum absolute atomic E-state index is 6.13. The number of rotatable bonds is 3. The van der Waals surface area contributed by atoms with Crippen LogP contribution in [0.2, 0.25) is 10.0 Å². The second kappa shape index (κ2) is 5.65. The quantitative estimate of drug-likeness (QED) is 0.905. The number of hydrogen-bond donors (Lipinski definition) is 1. The maximum atomic E-state index is 6.13. The van der Waals surface area contributed by atoms with Crippen molar-refractivity contribution in [3.8, 4) is 5.75 Å². The van der Waals surface area contributed by atoms with Crippen LogP contribution in [0.4, 0.5) is 0 Å².